The number of hydrogen-bond acceptors (Lipinski definition) is 2. The predicted molar refractivity (Wildman–Crippen MR) is 71.3 cm³/mol. The minimum Gasteiger partial charge on any atom is -0.481 e. The van der Waals surface area contributed by atoms with Crippen LogP contribution in [0, 0.1) is 17.0 Å². The number of nitrogens with zero attached hydrogens (tertiary/aromatic N) is 1. The lowest BCUT2D eigenvalue weighted by Gasteiger charge is -2.27. The third-order valence-electron chi connectivity index (χ3n) is 4.47. The third-order valence-corrected chi connectivity index (χ3v) is 4.47. The van der Waals surface area contributed by atoms with Gasteiger partial charge in [0.15, 0.2) is 0 Å². The molecular weight excluding hydrogens is 264 g/mol. The van der Waals surface area contributed by atoms with Crippen molar-refractivity contribution >= 4 is 5.97 Å². The molecule has 0 aliphatic carbocycles. The Bertz CT molecular complexity index is 521. The first-order valence-corrected chi connectivity index (χ1v) is 6.82. The standard InChI is InChI=1S/C15H19F2NO2/c1-3-15(14(19)20)6-7-18(9-15)10(2)12-8-11(16)4-5-13(12)17/h4-5,8,10H,3,6-7,9H2,1-2H3,(H,19,20). The summed E-state index contributed by atoms with van der Waals surface area (Å²) in [5.41, 5.74) is -0.486. The molecular formula is C15H19F2NO2. The van der Waals surface area contributed by atoms with Crippen LogP contribution in [0.1, 0.15) is 38.3 Å². The summed E-state index contributed by atoms with van der Waals surface area (Å²) in [5, 5.41) is 9.37. The largest absolute Gasteiger partial charge is 0.481 e. The lowest BCUT2D eigenvalue weighted by Crippen LogP contribution is -2.35. The second-order valence-electron chi connectivity index (χ2n) is 5.50. The second kappa shape index (κ2) is 5.48. The maximum absolute atomic E-state index is 13.8. The monoisotopic (exact) mass is 283 g/mol. The van der Waals surface area contributed by atoms with Crippen molar-refractivity contribution in [2.45, 2.75) is 32.7 Å². The smallest absolute Gasteiger partial charge is 0.310 e. The first-order chi connectivity index (χ1) is 9.39. The molecule has 110 valence electrons. The highest BCUT2D eigenvalue weighted by Crippen LogP contribution is 2.38. The van der Waals surface area contributed by atoms with Crippen molar-refractivity contribution in [1.29, 1.82) is 0 Å². The molecule has 2 atom stereocenters. The van der Waals surface area contributed by atoms with Gasteiger partial charge >= 0.3 is 5.97 Å². The minimum absolute atomic E-state index is 0.280. The van der Waals surface area contributed by atoms with E-state index < -0.39 is 23.0 Å². The number of carboxylic acid groups (broad SMARTS) is 1. The van der Waals surface area contributed by atoms with Crippen molar-refractivity contribution in [1.82, 2.24) is 4.90 Å². The Morgan fingerprint density at radius 2 is 2.20 bits per heavy atom. The maximum atomic E-state index is 13.8. The van der Waals surface area contributed by atoms with Gasteiger partial charge < -0.3 is 5.11 Å². The molecule has 2 unspecified atom stereocenters. The number of rotatable bonds is 4. The Morgan fingerprint density at radius 3 is 2.75 bits per heavy atom. The Morgan fingerprint density at radius 1 is 1.50 bits per heavy atom. The van der Waals surface area contributed by atoms with Gasteiger partial charge in [0.05, 0.1) is 5.41 Å². The Balaban J connectivity index is 2.21. The first kappa shape index (κ1) is 14.9. The van der Waals surface area contributed by atoms with Crippen LogP contribution >= 0.6 is 0 Å². The van der Waals surface area contributed by atoms with Gasteiger partial charge in [0.25, 0.3) is 0 Å². The lowest BCUT2D eigenvalue weighted by atomic mass is 9.84. The van der Waals surface area contributed by atoms with Gasteiger partial charge in [-0.3, -0.25) is 9.69 Å². The van der Waals surface area contributed by atoms with Gasteiger partial charge in [-0.1, -0.05) is 6.92 Å². The van der Waals surface area contributed by atoms with E-state index in [1.54, 1.807) is 6.92 Å². The molecule has 1 aromatic rings. The Labute approximate surface area is 117 Å². The topological polar surface area (TPSA) is 40.5 Å². The van der Waals surface area contributed by atoms with Crippen LogP contribution in [-0.4, -0.2) is 29.1 Å². The first-order valence-electron chi connectivity index (χ1n) is 6.82. The number of likely N-dealkylation sites (tertiary alicyclic amines) is 1. The fourth-order valence-corrected chi connectivity index (χ4v) is 2.88. The van der Waals surface area contributed by atoms with E-state index in [4.69, 9.17) is 0 Å². The van der Waals surface area contributed by atoms with Crippen LogP contribution in [0.4, 0.5) is 8.78 Å². The molecule has 5 heteroatoms. The summed E-state index contributed by atoms with van der Waals surface area (Å²) in [4.78, 5) is 13.3. The molecule has 1 aliphatic heterocycles. The molecule has 20 heavy (non-hydrogen) atoms. The molecule has 1 fully saturated rings. The summed E-state index contributed by atoms with van der Waals surface area (Å²) in [5.74, 6) is -1.75. The number of carbonyl (C=O) groups is 1. The van der Waals surface area contributed by atoms with Gasteiger partial charge in [0.1, 0.15) is 11.6 Å². The van der Waals surface area contributed by atoms with Crippen molar-refractivity contribution in [3.63, 3.8) is 0 Å². The van der Waals surface area contributed by atoms with E-state index in [1.807, 2.05) is 11.8 Å². The summed E-state index contributed by atoms with van der Waals surface area (Å²) >= 11 is 0. The normalized spacial score (nSPS) is 24.8. The number of benzene rings is 1. The zero-order valence-corrected chi connectivity index (χ0v) is 11.7. The van der Waals surface area contributed by atoms with E-state index in [-0.39, 0.29) is 11.6 Å². The minimum atomic E-state index is -0.811. The molecule has 1 N–H and O–H groups in total. The van der Waals surface area contributed by atoms with E-state index >= 15 is 0 Å². The fraction of sp³-hybridized carbons (Fsp3) is 0.533. The van der Waals surface area contributed by atoms with E-state index in [0.717, 1.165) is 12.1 Å². The van der Waals surface area contributed by atoms with Gasteiger partial charge in [0, 0.05) is 18.2 Å². The number of carboxylic acids is 1. The van der Waals surface area contributed by atoms with Gasteiger partial charge in [-0.2, -0.15) is 0 Å². The Hall–Kier alpha value is -1.49. The summed E-state index contributed by atoms with van der Waals surface area (Å²) in [6.45, 7) is 4.59. The molecule has 0 aromatic heterocycles. The van der Waals surface area contributed by atoms with Crippen molar-refractivity contribution < 1.29 is 18.7 Å². The van der Waals surface area contributed by atoms with Gasteiger partial charge in [0.2, 0.25) is 0 Å². The van der Waals surface area contributed by atoms with Crippen molar-refractivity contribution in [2.24, 2.45) is 5.41 Å². The number of aliphatic carboxylic acids is 1. The maximum Gasteiger partial charge on any atom is 0.310 e. The van der Waals surface area contributed by atoms with Crippen molar-refractivity contribution in [2.75, 3.05) is 13.1 Å². The molecule has 0 bridgehead atoms. The summed E-state index contributed by atoms with van der Waals surface area (Å²) in [6.07, 6.45) is 1.08. The lowest BCUT2D eigenvalue weighted by molar-refractivity contribution is -0.148. The average Bonchev–Trinajstić information content (AvgIpc) is 2.86. The zero-order chi connectivity index (χ0) is 14.9. The zero-order valence-electron chi connectivity index (χ0n) is 11.7. The van der Waals surface area contributed by atoms with Crippen LogP contribution in [0.5, 0.6) is 0 Å². The van der Waals surface area contributed by atoms with Crippen LogP contribution in [-0.2, 0) is 4.79 Å². The highest BCUT2D eigenvalue weighted by Gasteiger charge is 2.44. The van der Waals surface area contributed by atoms with Crippen LogP contribution in [0.3, 0.4) is 0 Å². The molecule has 3 nitrogen and oxygen atoms in total. The third kappa shape index (κ3) is 2.54. The van der Waals surface area contributed by atoms with Crippen molar-refractivity contribution in [3.8, 4) is 0 Å². The summed E-state index contributed by atoms with van der Waals surface area (Å²) < 4.78 is 27.1. The molecule has 0 saturated carbocycles. The van der Waals surface area contributed by atoms with Crippen LogP contribution in [0.2, 0.25) is 0 Å². The van der Waals surface area contributed by atoms with Gasteiger partial charge in [-0.05, 0) is 44.5 Å². The fourth-order valence-electron chi connectivity index (χ4n) is 2.88. The highest BCUT2D eigenvalue weighted by molar-refractivity contribution is 5.75. The van der Waals surface area contributed by atoms with Crippen LogP contribution in [0.25, 0.3) is 0 Å². The molecule has 2 rings (SSSR count). The molecule has 1 aliphatic rings. The molecule has 1 aromatic carbocycles. The quantitative estimate of drug-likeness (QED) is 0.922. The SMILES string of the molecule is CCC1(C(=O)O)CCN(C(C)c2cc(F)ccc2F)C1. The second-order valence-corrected chi connectivity index (χ2v) is 5.50. The average molecular weight is 283 g/mol. The Kier molecular flexibility index (Phi) is 4.09. The highest BCUT2D eigenvalue weighted by atomic mass is 19.1. The molecule has 1 saturated heterocycles. The van der Waals surface area contributed by atoms with E-state index in [1.165, 1.54) is 6.07 Å². The molecule has 1 heterocycles. The van der Waals surface area contributed by atoms with E-state index in [0.29, 0.717) is 25.9 Å². The van der Waals surface area contributed by atoms with E-state index in [2.05, 4.69) is 0 Å². The number of halogens is 2. The van der Waals surface area contributed by atoms with Crippen LogP contribution in [0.15, 0.2) is 18.2 Å². The number of hydrogen-bond donors (Lipinski definition) is 1. The summed E-state index contributed by atoms with van der Waals surface area (Å²) in [7, 11) is 0. The molecule has 0 spiro atoms. The molecule has 0 amide bonds. The summed E-state index contributed by atoms with van der Waals surface area (Å²) in [6, 6.07) is 3.05. The van der Waals surface area contributed by atoms with Crippen molar-refractivity contribution in [3.05, 3.63) is 35.4 Å². The van der Waals surface area contributed by atoms with Gasteiger partial charge in [-0.25, -0.2) is 8.78 Å². The predicted octanol–water partition coefficient (Wildman–Crippen LogP) is 3.21. The van der Waals surface area contributed by atoms with E-state index in [9.17, 15) is 18.7 Å². The van der Waals surface area contributed by atoms with Gasteiger partial charge in [-0.15, -0.1) is 0 Å². The molecule has 0 radical (unpaired) electrons. The van der Waals surface area contributed by atoms with Crippen LogP contribution < -0.4 is 0 Å².